The van der Waals surface area contributed by atoms with Gasteiger partial charge in [-0.25, -0.2) is 4.98 Å². The van der Waals surface area contributed by atoms with Crippen LogP contribution in [0, 0.1) is 6.92 Å². The van der Waals surface area contributed by atoms with Gasteiger partial charge in [-0.05, 0) is 37.6 Å². The molecule has 0 saturated carbocycles. The Morgan fingerprint density at radius 1 is 1.12 bits per heavy atom. The topological polar surface area (TPSA) is 122 Å². The molecule has 3 rings (SSSR count). The standard InChI is InChI=1S/C22H29N5O5S/c1-3-4-11-32-17-7-5-16(6-8-17)20(29)23-14-18(28)25-26-21(30)19-15(2)24-22(33-19)27-9-12-31-13-10-27/h5-8H,3-4,9-14H2,1-2H3,(H,23,29)(H,25,28)(H,26,30). The molecule has 11 heteroatoms. The van der Waals surface area contributed by atoms with E-state index in [0.29, 0.717) is 41.7 Å². The molecule has 1 aromatic carbocycles. The molecule has 33 heavy (non-hydrogen) atoms. The van der Waals surface area contributed by atoms with Crippen LogP contribution < -0.4 is 25.8 Å². The highest BCUT2D eigenvalue weighted by molar-refractivity contribution is 7.17. The Labute approximate surface area is 196 Å². The molecule has 10 nitrogen and oxygen atoms in total. The molecule has 0 bridgehead atoms. The predicted molar refractivity (Wildman–Crippen MR) is 125 cm³/mol. The van der Waals surface area contributed by atoms with Crippen LogP contribution >= 0.6 is 11.3 Å². The summed E-state index contributed by atoms with van der Waals surface area (Å²) >= 11 is 1.26. The molecule has 1 saturated heterocycles. The number of benzene rings is 1. The Kier molecular flexibility index (Phi) is 9.02. The molecule has 3 N–H and O–H groups in total. The number of carbonyl (C=O) groups is 3. The highest BCUT2D eigenvalue weighted by Gasteiger charge is 2.21. The third kappa shape index (κ3) is 7.16. The summed E-state index contributed by atoms with van der Waals surface area (Å²) in [6.07, 6.45) is 2.01. The number of ether oxygens (including phenoxy) is 2. The van der Waals surface area contributed by atoms with Crippen LogP contribution in [0.25, 0.3) is 0 Å². The molecule has 1 aromatic heterocycles. The summed E-state index contributed by atoms with van der Waals surface area (Å²) in [7, 11) is 0. The van der Waals surface area contributed by atoms with E-state index in [1.54, 1.807) is 31.2 Å². The van der Waals surface area contributed by atoms with Gasteiger partial charge in [-0.3, -0.25) is 25.2 Å². The number of hydrogen-bond acceptors (Lipinski definition) is 8. The Hall–Kier alpha value is -3.18. The van der Waals surface area contributed by atoms with Gasteiger partial charge in [0.15, 0.2) is 5.13 Å². The van der Waals surface area contributed by atoms with Crippen LogP contribution in [0.2, 0.25) is 0 Å². The van der Waals surface area contributed by atoms with Crippen LogP contribution in [0.15, 0.2) is 24.3 Å². The molecule has 3 amide bonds. The van der Waals surface area contributed by atoms with Crippen molar-refractivity contribution in [2.45, 2.75) is 26.7 Å². The lowest BCUT2D eigenvalue weighted by Crippen LogP contribution is -2.46. The summed E-state index contributed by atoms with van der Waals surface area (Å²) in [6.45, 7) is 6.87. The van der Waals surface area contributed by atoms with E-state index in [0.717, 1.165) is 31.1 Å². The fourth-order valence-corrected chi connectivity index (χ4v) is 4.02. The summed E-state index contributed by atoms with van der Waals surface area (Å²) in [4.78, 5) is 43.7. The van der Waals surface area contributed by atoms with E-state index < -0.39 is 17.7 Å². The van der Waals surface area contributed by atoms with Gasteiger partial charge in [0.25, 0.3) is 17.7 Å². The molecular weight excluding hydrogens is 446 g/mol. The van der Waals surface area contributed by atoms with Gasteiger partial charge in [0.1, 0.15) is 10.6 Å². The van der Waals surface area contributed by atoms with E-state index in [2.05, 4.69) is 33.0 Å². The molecule has 0 unspecified atom stereocenters. The van der Waals surface area contributed by atoms with E-state index >= 15 is 0 Å². The second-order valence-corrected chi connectivity index (χ2v) is 8.40. The van der Waals surface area contributed by atoms with Crippen LogP contribution in [0.1, 0.15) is 45.5 Å². The average molecular weight is 476 g/mol. The minimum absolute atomic E-state index is 0.283. The summed E-state index contributed by atoms with van der Waals surface area (Å²) in [5, 5.41) is 3.27. The number of hydrazine groups is 1. The molecule has 0 aliphatic carbocycles. The highest BCUT2D eigenvalue weighted by atomic mass is 32.1. The van der Waals surface area contributed by atoms with Gasteiger partial charge < -0.3 is 19.7 Å². The van der Waals surface area contributed by atoms with Crippen LogP contribution in [0.4, 0.5) is 5.13 Å². The fourth-order valence-electron chi connectivity index (χ4n) is 3.01. The number of morpholine rings is 1. The molecule has 1 fully saturated rings. The van der Waals surface area contributed by atoms with E-state index in [4.69, 9.17) is 9.47 Å². The van der Waals surface area contributed by atoms with E-state index in [1.165, 1.54) is 11.3 Å². The maximum atomic E-state index is 12.5. The maximum Gasteiger partial charge on any atom is 0.281 e. The smallest absolute Gasteiger partial charge is 0.281 e. The first kappa shape index (κ1) is 24.5. The van der Waals surface area contributed by atoms with Crippen molar-refractivity contribution in [3.05, 3.63) is 40.4 Å². The number of rotatable bonds is 9. The predicted octanol–water partition coefficient (Wildman–Crippen LogP) is 1.66. The van der Waals surface area contributed by atoms with Gasteiger partial charge in [0.05, 0.1) is 32.1 Å². The summed E-state index contributed by atoms with van der Waals surface area (Å²) in [6, 6.07) is 6.70. The minimum Gasteiger partial charge on any atom is -0.494 e. The van der Waals surface area contributed by atoms with E-state index in [1.807, 2.05) is 0 Å². The lowest BCUT2D eigenvalue weighted by Gasteiger charge is -2.25. The van der Waals surface area contributed by atoms with Crippen LogP contribution in [-0.4, -0.2) is 62.2 Å². The Morgan fingerprint density at radius 2 is 1.85 bits per heavy atom. The van der Waals surface area contributed by atoms with Gasteiger partial charge >= 0.3 is 0 Å². The van der Waals surface area contributed by atoms with Gasteiger partial charge in [0.2, 0.25) is 0 Å². The first-order valence-corrected chi connectivity index (χ1v) is 11.7. The molecule has 2 aromatic rings. The van der Waals surface area contributed by atoms with Crippen LogP contribution in [0.5, 0.6) is 5.75 Å². The monoisotopic (exact) mass is 475 g/mol. The number of aryl methyl sites for hydroxylation is 1. The zero-order chi connectivity index (χ0) is 23.6. The number of thiazole rings is 1. The zero-order valence-corrected chi connectivity index (χ0v) is 19.6. The molecule has 2 heterocycles. The summed E-state index contributed by atoms with van der Waals surface area (Å²) < 4.78 is 10.9. The number of anilines is 1. The summed E-state index contributed by atoms with van der Waals surface area (Å²) in [5.74, 6) is -0.713. The lowest BCUT2D eigenvalue weighted by molar-refractivity contribution is -0.120. The number of unbranched alkanes of at least 4 members (excludes halogenated alkanes) is 1. The largest absolute Gasteiger partial charge is 0.494 e. The fraction of sp³-hybridized carbons (Fsp3) is 0.455. The third-order valence-corrected chi connectivity index (χ3v) is 6.10. The SMILES string of the molecule is CCCCOc1ccc(C(=O)NCC(=O)NNC(=O)c2sc(N3CCOCC3)nc2C)cc1. The van der Waals surface area contributed by atoms with E-state index in [9.17, 15) is 14.4 Å². The number of nitrogens with zero attached hydrogens (tertiary/aromatic N) is 2. The van der Waals surface area contributed by atoms with Crippen molar-refractivity contribution in [3.8, 4) is 5.75 Å². The number of amides is 3. The van der Waals surface area contributed by atoms with Crippen molar-refractivity contribution in [2.24, 2.45) is 0 Å². The molecule has 0 atom stereocenters. The second kappa shape index (κ2) is 12.2. The quantitative estimate of drug-likeness (QED) is 0.372. The average Bonchev–Trinajstić information content (AvgIpc) is 3.24. The first-order valence-electron chi connectivity index (χ1n) is 10.9. The van der Waals surface area contributed by atoms with Crippen molar-refractivity contribution < 1.29 is 23.9 Å². The second-order valence-electron chi connectivity index (χ2n) is 7.42. The molecular formula is C22H29N5O5S. The zero-order valence-electron chi connectivity index (χ0n) is 18.8. The van der Waals surface area contributed by atoms with Crippen molar-refractivity contribution in [3.63, 3.8) is 0 Å². The van der Waals surface area contributed by atoms with Crippen LogP contribution in [0.3, 0.4) is 0 Å². The first-order chi connectivity index (χ1) is 16.0. The normalized spacial score (nSPS) is 13.3. The van der Waals surface area contributed by atoms with Crippen molar-refractivity contribution in [1.29, 1.82) is 0 Å². The molecule has 0 spiro atoms. The van der Waals surface area contributed by atoms with Crippen LogP contribution in [-0.2, 0) is 9.53 Å². The lowest BCUT2D eigenvalue weighted by atomic mass is 10.2. The van der Waals surface area contributed by atoms with Gasteiger partial charge in [-0.15, -0.1) is 0 Å². The van der Waals surface area contributed by atoms with Crippen molar-refractivity contribution in [2.75, 3.05) is 44.4 Å². The van der Waals surface area contributed by atoms with Crippen molar-refractivity contribution >= 4 is 34.2 Å². The molecule has 0 radical (unpaired) electrons. The molecule has 1 aliphatic rings. The molecule has 1 aliphatic heterocycles. The number of carbonyl (C=O) groups excluding carboxylic acids is 3. The number of nitrogens with one attached hydrogen (secondary N) is 3. The Bertz CT molecular complexity index is 957. The van der Waals surface area contributed by atoms with Gasteiger partial charge in [-0.2, -0.15) is 0 Å². The van der Waals surface area contributed by atoms with Crippen molar-refractivity contribution in [1.82, 2.24) is 21.2 Å². The number of aromatic nitrogens is 1. The molecule has 178 valence electrons. The highest BCUT2D eigenvalue weighted by Crippen LogP contribution is 2.26. The summed E-state index contributed by atoms with van der Waals surface area (Å²) in [5.41, 5.74) is 5.68. The van der Waals surface area contributed by atoms with Gasteiger partial charge in [-0.1, -0.05) is 24.7 Å². The van der Waals surface area contributed by atoms with Gasteiger partial charge in [0, 0.05) is 18.7 Å². The number of hydrogen-bond donors (Lipinski definition) is 3. The maximum absolute atomic E-state index is 12.5. The Balaban J connectivity index is 1.42. The van der Waals surface area contributed by atoms with E-state index in [-0.39, 0.29) is 6.54 Å². The third-order valence-electron chi connectivity index (χ3n) is 4.88. The minimum atomic E-state index is -0.549. The Morgan fingerprint density at radius 3 is 2.55 bits per heavy atom.